The zero-order valence-corrected chi connectivity index (χ0v) is 96.7. The van der Waals surface area contributed by atoms with Gasteiger partial charge in [-0.05, 0) is 45.8 Å². The molecule has 0 saturated heterocycles. The van der Waals surface area contributed by atoms with E-state index in [2.05, 4.69) is 0 Å². The fourth-order valence-electron chi connectivity index (χ4n) is 5.68. The first-order valence-electron chi connectivity index (χ1n) is 25.2. The standard InChI is InChI=1S/C10H30O47Si45/c1-52-99(4,5)57-100(6,7)55-58(11)60(13)61(14)62(15)63(16)64(17)65(18)66(19)67(20)68(21)69(22)70(23)71(24)72(25)73(26)74(27)75(28)76(29)77(30)78(31)79(32)80(33)81(34)82(35)83(36)84(37)85(38)86(39)87(40)88(41)89(42)90(43)91(44)92(45)93(46)94(47)95(48)96(49)98(51)102(10,54-3)56-59(12)97(50)101(8,9)53-2/h1-10H3. The Balaban J connectivity index is 6.04. The summed E-state index contributed by atoms with van der Waals surface area (Å²) in [5.41, 5.74) is 0. The van der Waals surface area contributed by atoms with Crippen LogP contribution in [0, 0.1) is 0 Å². The fraction of sp³-hybridized carbons (Fsp3) is 1.00. The van der Waals surface area contributed by atoms with E-state index in [0.29, 0.717) is 0 Å². The predicted octanol–water partition coefficient (Wildman–Crippen LogP) is -17.8. The van der Waals surface area contributed by atoms with E-state index >= 15 is 0 Å². The Bertz CT molecular complexity index is 4440. The summed E-state index contributed by atoms with van der Waals surface area (Å²) in [7, 11) is -200. The largest absolute Gasteiger partial charge is 0.558 e. The second-order valence-corrected chi connectivity index (χ2v) is 234. The lowest BCUT2D eigenvalue weighted by Crippen LogP contribution is -2.62. The van der Waals surface area contributed by atoms with E-state index in [0.717, 1.165) is 20.8 Å². The third-order valence-corrected chi connectivity index (χ3v) is 347. The molecule has 0 fully saturated rings. The van der Waals surface area contributed by atoms with Crippen LogP contribution >= 0.6 is 0 Å². The SMILES string of the molecule is CO[Si](C)(C)O[Si](C)(C)O[Si](=O)[Si](=O)[Si](=O)[Si](=O)[Si](=O)[Si](=O)[Si](=O)[Si](=O)[Si](=O)[Si](=O)[Si](=O)[Si](=O)[Si](=O)[Si](=O)[Si](=O)[Si](=O)[Si](=O)[Si](=O)[Si](=O)[Si](=O)[Si](=O)[Si](=O)[Si](=O)[Si](=O)[Si](=O)[Si](=O)[Si](=O)[Si](=O)[Si](=O)[Si](=O)[Si](=O)[Si](=O)[Si](=O)[Si](=O)[Si](=O)[Si](=O)[Si](=O)[Si](=O)[Si](=O)[Si](C)(OC)O[Si](=O)[Si](=O)[Si](C)(C)OC. The smallest absolute Gasteiger partial charge is 0.533 e. The van der Waals surface area contributed by atoms with Gasteiger partial charge in [0.2, 0.25) is 7.83 Å². The van der Waals surface area contributed by atoms with E-state index in [1.54, 1.807) is 0 Å². The molecule has 0 aliphatic rings. The van der Waals surface area contributed by atoms with E-state index in [-0.39, 0.29) is 0 Å². The first-order valence-corrected chi connectivity index (χ1v) is 135. The molecule has 102 heavy (non-hydrogen) atoms. The molecule has 1 unspecified atom stereocenters. The molecule has 0 saturated carbocycles. The zero-order valence-electron chi connectivity index (χ0n) is 51.7. The summed E-state index contributed by atoms with van der Waals surface area (Å²) in [5.74, 6) is 0. The highest BCUT2D eigenvalue weighted by Crippen LogP contribution is 2.16. The molecule has 0 aliphatic carbocycles. The molecule has 0 amide bonds. The molecule has 47 nitrogen and oxygen atoms in total. The van der Waals surface area contributed by atoms with Gasteiger partial charge in [0.15, 0.2) is 0 Å². The lowest BCUT2D eigenvalue weighted by Gasteiger charge is -2.31. The van der Waals surface area contributed by atoms with Gasteiger partial charge in [-0.25, -0.2) is 0 Å². The highest BCUT2D eigenvalue weighted by Gasteiger charge is 2.62. The normalized spacial score (nSPS) is 11.3. The van der Waals surface area contributed by atoms with Crippen molar-refractivity contribution in [3.8, 4) is 0 Å². The van der Waals surface area contributed by atoms with E-state index in [1.165, 1.54) is 46.4 Å². The van der Waals surface area contributed by atoms with Gasteiger partial charge in [-0.3, -0.25) is 0 Å². The molecular weight excluding hydrogens is 2140 g/mol. The summed E-state index contributed by atoms with van der Waals surface area (Å²) in [5, 5.41) is 0. The van der Waals surface area contributed by atoms with Crippen LogP contribution in [0.5, 0.6) is 0 Å². The molecule has 0 bridgehead atoms. The lowest BCUT2D eigenvalue weighted by molar-refractivity contribution is 0.278. The van der Waals surface area contributed by atoms with Crippen molar-refractivity contribution in [1.82, 2.24) is 0 Å². The Hall–Kier alpha value is 1.000. The van der Waals surface area contributed by atoms with Crippen LogP contribution < -0.4 is 0 Å². The van der Waals surface area contributed by atoms with Crippen molar-refractivity contribution in [2.45, 2.75) is 45.8 Å². The number of rotatable bonds is 50. The van der Waals surface area contributed by atoms with Crippen LogP contribution in [0.15, 0.2) is 0 Å². The van der Waals surface area contributed by atoms with Crippen LogP contribution in [-0.2, 0) is 209 Å². The minimum Gasteiger partial charge on any atom is -0.558 e. The third-order valence-electron chi connectivity index (χ3n) is 11.5. The average Bonchev–Trinajstić information content (AvgIpc) is 0.815. The molecule has 92 heteroatoms. The Morgan fingerprint density at radius 2 is 0.333 bits per heavy atom. The van der Waals surface area contributed by atoms with Gasteiger partial charge >= 0.3 is 343 Å². The Morgan fingerprint density at radius 3 is 0.490 bits per heavy atom. The maximum absolute atomic E-state index is 13.3. The van der Waals surface area contributed by atoms with Crippen LogP contribution in [0.3, 0.4) is 0 Å². The Labute approximate surface area is 619 Å². The van der Waals surface area contributed by atoms with E-state index in [1.807, 2.05) is 0 Å². The molecule has 532 valence electrons. The monoisotopic (exact) mass is 2160 g/mol. The average molecular weight is 2170 g/mol. The van der Waals surface area contributed by atoms with E-state index in [4.69, 9.17) is 25.6 Å². The number of hydrogen-bond acceptors (Lipinski definition) is 47. The molecule has 0 aromatic heterocycles. The van der Waals surface area contributed by atoms with Gasteiger partial charge in [-0.1, -0.05) is 0 Å². The predicted molar refractivity (Wildman–Crippen MR) is 352 cm³/mol. The van der Waals surface area contributed by atoms with Crippen molar-refractivity contribution < 1.29 is 209 Å². The van der Waals surface area contributed by atoms with Crippen LogP contribution in [0.1, 0.15) is 0 Å². The summed E-state index contributed by atoms with van der Waals surface area (Å²) in [6, 6.07) is 0. The lowest BCUT2D eigenvalue weighted by atomic mass is 11.8. The highest BCUT2D eigenvalue weighted by atomic mass is 30.2. The summed E-state index contributed by atoms with van der Waals surface area (Å²) in [4.78, 5) is 0. The van der Waals surface area contributed by atoms with Crippen LogP contribution in [-0.4, -0.2) is 372 Å². The molecule has 0 rings (SSSR count). The van der Waals surface area contributed by atoms with E-state index in [9.17, 15) is 183 Å². The van der Waals surface area contributed by atoms with Crippen molar-refractivity contribution in [2.24, 2.45) is 0 Å². The molecule has 0 aliphatic heterocycles. The van der Waals surface area contributed by atoms with Crippen LogP contribution in [0.25, 0.3) is 0 Å². The molecule has 0 aromatic carbocycles. The maximum atomic E-state index is 13.3. The van der Waals surface area contributed by atoms with Gasteiger partial charge in [0.25, 0.3) is 0 Å². The minimum absolute atomic E-state index is 0.798. The van der Waals surface area contributed by atoms with Gasteiger partial charge in [0.05, 0.1) is 0 Å². The van der Waals surface area contributed by atoms with E-state index < -0.39 is 351 Å². The summed E-state index contributed by atoms with van der Waals surface area (Å²) >= 11 is 0. The van der Waals surface area contributed by atoms with Gasteiger partial charge in [0.1, 0.15) is 0 Å². The maximum Gasteiger partial charge on any atom is 0.533 e. The van der Waals surface area contributed by atoms with Crippen molar-refractivity contribution in [3.63, 3.8) is 0 Å². The summed E-state index contributed by atoms with van der Waals surface area (Å²) in [6.45, 7) is 9.23. The van der Waals surface area contributed by atoms with Crippen LogP contribution in [0.4, 0.5) is 0 Å². The first kappa shape index (κ1) is 103. The third kappa shape index (κ3) is 26.8. The highest BCUT2D eigenvalue weighted by molar-refractivity contribution is 7.86. The zero-order chi connectivity index (χ0) is 80.9. The molecule has 0 spiro atoms. The fourth-order valence-corrected chi connectivity index (χ4v) is 493. The Kier molecular flexibility index (Phi) is 44.3. The van der Waals surface area contributed by atoms with Crippen molar-refractivity contribution in [2.75, 3.05) is 21.3 Å². The second kappa shape index (κ2) is 43.9. The second-order valence-electron chi connectivity index (χ2n) is 19.6. The van der Waals surface area contributed by atoms with Gasteiger partial charge in [-0.2, -0.15) is 0 Å². The van der Waals surface area contributed by atoms with Gasteiger partial charge in [-0.15, -0.1) is 0 Å². The first-order chi connectivity index (χ1) is 46.2. The van der Waals surface area contributed by atoms with Gasteiger partial charge < -0.3 is 209 Å². The molecule has 1 atom stereocenters. The van der Waals surface area contributed by atoms with Gasteiger partial charge in [0, 0.05) is 21.3 Å². The molecule has 0 N–H and O–H groups in total. The topological polar surface area (TPSA) is 755 Å². The van der Waals surface area contributed by atoms with Crippen molar-refractivity contribution >= 4 is 351 Å². The quantitative estimate of drug-likeness (QED) is 0.0510. The molecule has 0 radical (unpaired) electrons. The Morgan fingerprint density at radius 1 is 0.167 bits per heavy atom. The summed E-state index contributed by atoms with van der Waals surface area (Å²) in [6.07, 6.45) is 0. The van der Waals surface area contributed by atoms with Crippen molar-refractivity contribution in [3.05, 3.63) is 0 Å². The van der Waals surface area contributed by atoms with Crippen molar-refractivity contribution in [1.29, 1.82) is 0 Å². The molecule has 0 heterocycles. The molecular formula is C10H30O47Si45. The number of hydrogen-bond donors (Lipinski definition) is 0. The molecule has 0 aromatic rings. The minimum atomic E-state index is -4.89. The van der Waals surface area contributed by atoms with Crippen LogP contribution in [0.2, 0.25) is 45.8 Å². The summed E-state index contributed by atoms with van der Waals surface area (Å²) < 4.78 is 560.